The van der Waals surface area contributed by atoms with Crippen molar-refractivity contribution in [1.82, 2.24) is 14.8 Å². The van der Waals surface area contributed by atoms with Gasteiger partial charge in [-0.3, -0.25) is 0 Å². The van der Waals surface area contributed by atoms with E-state index in [1.165, 1.54) is 12.3 Å². The highest BCUT2D eigenvalue weighted by atomic mass is 19.1. The van der Waals surface area contributed by atoms with Crippen molar-refractivity contribution >= 4 is 10.9 Å². The second-order valence-corrected chi connectivity index (χ2v) is 6.00. The number of hydrogen-bond donors (Lipinski definition) is 0. The molecule has 0 N–H and O–H groups in total. The second kappa shape index (κ2) is 5.74. The van der Waals surface area contributed by atoms with Crippen molar-refractivity contribution in [2.45, 2.75) is 32.4 Å². The summed E-state index contributed by atoms with van der Waals surface area (Å²) in [5.41, 5.74) is 3.94. The first-order valence-corrected chi connectivity index (χ1v) is 7.94. The Morgan fingerprint density at radius 2 is 2.17 bits per heavy atom. The van der Waals surface area contributed by atoms with Crippen molar-refractivity contribution in [1.29, 1.82) is 0 Å². The fourth-order valence-electron chi connectivity index (χ4n) is 3.23. The molecule has 118 valence electrons. The lowest BCUT2D eigenvalue weighted by Crippen LogP contribution is -2.18. The van der Waals surface area contributed by atoms with Crippen LogP contribution in [0.4, 0.5) is 4.39 Å². The Bertz CT molecular complexity index is 853. The summed E-state index contributed by atoms with van der Waals surface area (Å²) in [5.74, 6) is -0.467. The fraction of sp³-hybridized carbons (Fsp3) is 0.333. The number of fused-ring (bicyclic) bond motifs is 1. The third kappa shape index (κ3) is 2.61. The van der Waals surface area contributed by atoms with Crippen LogP contribution in [-0.4, -0.2) is 21.4 Å². The molecule has 0 saturated carbocycles. The smallest absolute Gasteiger partial charge is 0.213 e. The lowest BCUT2D eigenvalue weighted by molar-refractivity contribution is -0.0366. The van der Waals surface area contributed by atoms with Gasteiger partial charge in [-0.25, -0.2) is 9.67 Å². The van der Waals surface area contributed by atoms with Gasteiger partial charge in [-0.1, -0.05) is 0 Å². The van der Waals surface area contributed by atoms with E-state index in [9.17, 15) is 4.39 Å². The van der Waals surface area contributed by atoms with E-state index in [2.05, 4.69) is 22.2 Å². The van der Waals surface area contributed by atoms with Gasteiger partial charge in [-0.2, -0.15) is 9.49 Å². The molecule has 1 atom stereocenters. The van der Waals surface area contributed by atoms with E-state index in [-0.39, 0.29) is 6.23 Å². The van der Waals surface area contributed by atoms with Crippen molar-refractivity contribution < 1.29 is 9.13 Å². The third-order valence-electron chi connectivity index (χ3n) is 4.41. The molecule has 0 aliphatic carbocycles. The van der Waals surface area contributed by atoms with Crippen LogP contribution in [0, 0.1) is 12.9 Å². The maximum absolute atomic E-state index is 13.5. The first-order valence-electron chi connectivity index (χ1n) is 7.94. The molecule has 1 aliphatic heterocycles. The van der Waals surface area contributed by atoms with Gasteiger partial charge in [0.15, 0.2) is 6.23 Å². The van der Waals surface area contributed by atoms with Gasteiger partial charge in [0, 0.05) is 24.3 Å². The summed E-state index contributed by atoms with van der Waals surface area (Å²) in [6.45, 7) is 2.81. The van der Waals surface area contributed by atoms with E-state index in [1.807, 2.05) is 23.9 Å². The average Bonchev–Trinajstić information content (AvgIpc) is 2.97. The molecule has 1 fully saturated rings. The number of nitrogens with zero attached hydrogens (tertiary/aromatic N) is 3. The maximum atomic E-state index is 13.5. The Labute approximate surface area is 133 Å². The van der Waals surface area contributed by atoms with E-state index >= 15 is 0 Å². The SMILES string of the molecule is Cc1cc2cnn(C3CCCCO3)c2cc1-c1ccnc(F)c1. The number of pyridine rings is 1. The van der Waals surface area contributed by atoms with Crippen molar-refractivity contribution in [2.75, 3.05) is 6.61 Å². The van der Waals surface area contributed by atoms with Gasteiger partial charge in [0.2, 0.25) is 5.95 Å². The van der Waals surface area contributed by atoms with Crippen LogP contribution in [0.25, 0.3) is 22.0 Å². The number of hydrogen-bond acceptors (Lipinski definition) is 3. The first-order chi connectivity index (χ1) is 11.2. The molecule has 1 saturated heterocycles. The molecule has 3 aromatic rings. The number of ether oxygens (including phenoxy) is 1. The third-order valence-corrected chi connectivity index (χ3v) is 4.41. The molecule has 3 heterocycles. The highest BCUT2D eigenvalue weighted by molar-refractivity contribution is 5.86. The zero-order valence-corrected chi connectivity index (χ0v) is 13.0. The average molecular weight is 311 g/mol. The number of halogens is 1. The quantitative estimate of drug-likeness (QED) is 0.664. The van der Waals surface area contributed by atoms with Crippen LogP contribution in [-0.2, 0) is 4.74 Å². The first kappa shape index (κ1) is 14.3. The van der Waals surface area contributed by atoms with Crippen molar-refractivity contribution in [2.24, 2.45) is 0 Å². The highest BCUT2D eigenvalue weighted by Crippen LogP contribution is 2.31. The summed E-state index contributed by atoms with van der Waals surface area (Å²) in [6, 6.07) is 7.46. The molecule has 4 rings (SSSR count). The molecule has 0 amide bonds. The van der Waals surface area contributed by atoms with Crippen LogP contribution in [0.5, 0.6) is 0 Å². The lowest BCUT2D eigenvalue weighted by Gasteiger charge is -2.23. The molecule has 1 aromatic carbocycles. The highest BCUT2D eigenvalue weighted by Gasteiger charge is 2.19. The Morgan fingerprint density at radius 1 is 1.26 bits per heavy atom. The van der Waals surface area contributed by atoms with E-state index in [0.29, 0.717) is 0 Å². The topological polar surface area (TPSA) is 39.9 Å². The molecule has 1 unspecified atom stereocenters. The summed E-state index contributed by atoms with van der Waals surface area (Å²) >= 11 is 0. The Hall–Kier alpha value is -2.27. The second-order valence-electron chi connectivity index (χ2n) is 6.00. The molecule has 23 heavy (non-hydrogen) atoms. The van der Waals surface area contributed by atoms with E-state index in [0.717, 1.165) is 53.5 Å². The molecule has 1 aliphatic rings. The van der Waals surface area contributed by atoms with E-state index < -0.39 is 5.95 Å². The molecule has 2 aromatic heterocycles. The molecule has 5 heteroatoms. The largest absolute Gasteiger partial charge is 0.356 e. The van der Waals surface area contributed by atoms with Crippen LogP contribution in [0.3, 0.4) is 0 Å². The standard InChI is InChI=1S/C18H18FN3O/c1-12-8-14-11-21-22(18-4-2-3-7-23-18)16(14)10-15(12)13-5-6-20-17(19)9-13/h5-6,8-11,18H,2-4,7H2,1H3. The molecule has 0 radical (unpaired) electrons. The maximum Gasteiger partial charge on any atom is 0.213 e. The van der Waals surface area contributed by atoms with E-state index in [1.54, 1.807) is 0 Å². The van der Waals surface area contributed by atoms with Gasteiger partial charge in [0.25, 0.3) is 0 Å². The predicted octanol–water partition coefficient (Wildman–Crippen LogP) is 4.24. The van der Waals surface area contributed by atoms with Crippen molar-refractivity contribution in [3.8, 4) is 11.1 Å². The van der Waals surface area contributed by atoms with Crippen LogP contribution < -0.4 is 0 Å². The van der Waals surface area contributed by atoms with Crippen molar-refractivity contribution in [3.05, 3.63) is 48.2 Å². The summed E-state index contributed by atoms with van der Waals surface area (Å²) < 4.78 is 21.3. The minimum absolute atomic E-state index is 0.00835. The summed E-state index contributed by atoms with van der Waals surface area (Å²) in [6.07, 6.45) is 6.60. The zero-order chi connectivity index (χ0) is 15.8. The molecular formula is C18H18FN3O. The summed E-state index contributed by atoms with van der Waals surface area (Å²) in [7, 11) is 0. The Morgan fingerprint density at radius 3 is 2.96 bits per heavy atom. The van der Waals surface area contributed by atoms with Crippen LogP contribution >= 0.6 is 0 Å². The van der Waals surface area contributed by atoms with Gasteiger partial charge in [0.05, 0.1) is 11.7 Å². The Kier molecular flexibility index (Phi) is 3.58. The minimum Gasteiger partial charge on any atom is -0.356 e. The van der Waals surface area contributed by atoms with Crippen molar-refractivity contribution in [3.63, 3.8) is 0 Å². The fourth-order valence-corrected chi connectivity index (χ4v) is 3.23. The van der Waals surface area contributed by atoms with E-state index in [4.69, 9.17) is 4.74 Å². The van der Waals surface area contributed by atoms with Gasteiger partial charge in [-0.05, 0) is 61.1 Å². The van der Waals surface area contributed by atoms with Crippen LogP contribution in [0.1, 0.15) is 31.1 Å². The van der Waals surface area contributed by atoms with Gasteiger partial charge in [-0.15, -0.1) is 0 Å². The molecule has 0 bridgehead atoms. The normalized spacial score (nSPS) is 18.4. The Balaban J connectivity index is 1.84. The molecular weight excluding hydrogens is 293 g/mol. The number of aryl methyl sites for hydroxylation is 1. The molecule has 0 spiro atoms. The number of aromatic nitrogens is 3. The van der Waals surface area contributed by atoms with Crippen LogP contribution in [0.15, 0.2) is 36.7 Å². The minimum atomic E-state index is -0.467. The summed E-state index contributed by atoms with van der Waals surface area (Å²) in [4.78, 5) is 3.63. The lowest BCUT2D eigenvalue weighted by atomic mass is 10.00. The number of rotatable bonds is 2. The molecule has 4 nitrogen and oxygen atoms in total. The van der Waals surface area contributed by atoms with Crippen LogP contribution in [0.2, 0.25) is 0 Å². The van der Waals surface area contributed by atoms with Gasteiger partial charge in [0.1, 0.15) is 0 Å². The predicted molar refractivity (Wildman–Crippen MR) is 86.5 cm³/mol. The van der Waals surface area contributed by atoms with Gasteiger partial charge >= 0.3 is 0 Å². The monoisotopic (exact) mass is 311 g/mol. The summed E-state index contributed by atoms with van der Waals surface area (Å²) in [5, 5.41) is 5.60. The number of benzene rings is 1. The van der Waals surface area contributed by atoms with Gasteiger partial charge < -0.3 is 4.74 Å². The zero-order valence-electron chi connectivity index (χ0n) is 13.0.